The highest BCUT2D eigenvalue weighted by molar-refractivity contribution is 5.89. The maximum absolute atomic E-state index is 9.64. The second-order valence-electron chi connectivity index (χ2n) is 7.60. The van der Waals surface area contributed by atoms with Crippen LogP contribution in [0, 0.1) is 0 Å². The van der Waals surface area contributed by atoms with Gasteiger partial charge < -0.3 is 10.4 Å². The Kier molecular flexibility index (Phi) is 14.2. The molecule has 0 bridgehead atoms. The number of unbranched alkanes of at least 4 members (excludes halogenated alkanes) is 13. The third kappa shape index (κ3) is 11.5. The summed E-state index contributed by atoms with van der Waals surface area (Å²) in [6, 6.07) is 0.168. The number of aliphatic hydroxyl groups excluding tert-OH is 1. The Labute approximate surface area is 162 Å². The van der Waals surface area contributed by atoms with Crippen molar-refractivity contribution >= 4 is 5.84 Å². The van der Waals surface area contributed by atoms with Crippen molar-refractivity contribution < 1.29 is 5.11 Å². The fraction of sp³-hybridized carbons (Fsp3) is 0.783. The molecular formula is C23H42N2O. The molecule has 3 nitrogen and oxygen atoms in total. The molecule has 0 amide bonds. The Morgan fingerprint density at radius 3 is 2.08 bits per heavy atom. The van der Waals surface area contributed by atoms with Crippen molar-refractivity contribution in [3.05, 3.63) is 24.8 Å². The number of amidine groups is 1. The first-order valence-electron chi connectivity index (χ1n) is 11.1. The first-order valence-corrected chi connectivity index (χ1v) is 11.1. The first-order chi connectivity index (χ1) is 12.8. The molecule has 2 N–H and O–H groups in total. The summed E-state index contributed by atoms with van der Waals surface area (Å²) < 4.78 is 0. The van der Waals surface area contributed by atoms with Crippen LogP contribution in [-0.4, -0.2) is 29.6 Å². The summed E-state index contributed by atoms with van der Waals surface area (Å²) in [6.45, 7) is 6.66. The van der Waals surface area contributed by atoms with Gasteiger partial charge in [0.2, 0.25) is 0 Å². The molecule has 2 atom stereocenters. The molecule has 1 aliphatic rings. The molecule has 1 rings (SSSR count). The van der Waals surface area contributed by atoms with Crippen molar-refractivity contribution in [1.82, 2.24) is 5.32 Å². The quantitative estimate of drug-likeness (QED) is 0.248. The number of nitrogens with zero attached hydrogens (tertiary/aromatic N) is 1. The van der Waals surface area contributed by atoms with E-state index in [1.54, 1.807) is 0 Å². The fourth-order valence-electron chi connectivity index (χ4n) is 3.42. The van der Waals surface area contributed by atoms with Gasteiger partial charge in [-0.2, -0.15) is 0 Å². The summed E-state index contributed by atoms with van der Waals surface area (Å²) in [5, 5.41) is 12.8. The Hall–Kier alpha value is -1.09. The van der Waals surface area contributed by atoms with Gasteiger partial charge >= 0.3 is 0 Å². The van der Waals surface area contributed by atoms with Gasteiger partial charge in [-0.15, -0.1) is 6.58 Å². The number of aliphatic hydroxyl groups is 1. The Morgan fingerprint density at radius 1 is 1.00 bits per heavy atom. The monoisotopic (exact) mass is 362 g/mol. The zero-order valence-corrected chi connectivity index (χ0v) is 17.1. The fourth-order valence-corrected chi connectivity index (χ4v) is 3.42. The van der Waals surface area contributed by atoms with E-state index in [-0.39, 0.29) is 6.04 Å². The van der Waals surface area contributed by atoms with Gasteiger partial charge in [0, 0.05) is 6.54 Å². The second kappa shape index (κ2) is 16.1. The van der Waals surface area contributed by atoms with E-state index in [9.17, 15) is 5.11 Å². The van der Waals surface area contributed by atoms with Crippen molar-refractivity contribution in [2.75, 3.05) is 6.54 Å². The van der Waals surface area contributed by atoms with Crippen molar-refractivity contribution in [3.63, 3.8) is 0 Å². The van der Waals surface area contributed by atoms with Crippen LogP contribution < -0.4 is 5.32 Å². The van der Waals surface area contributed by atoms with Gasteiger partial charge in [0.25, 0.3) is 0 Å². The molecule has 0 saturated heterocycles. The third-order valence-electron chi connectivity index (χ3n) is 5.13. The van der Waals surface area contributed by atoms with Gasteiger partial charge in [-0.1, -0.05) is 102 Å². The molecule has 0 aromatic rings. The molecule has 1 aliphatic heterocycles. The normalized spacial score (nSPS) is 18.1. The zero-order valence-electron chi connectivity index (χ0n) is 17.1. The number of aliphatic imine (C=N–C) groups is 1. The smallest absolute Gasteiger partial charge is 0.130 e. The van der Waals surface area contributed by atoms with Crippen LogP contribution >= 0.6 is 0 Å². The van der Waals surface area contributed by atoms with Crippen molar-refractivity contribution in [2.45, 2.75) is 109 Å². The standard InChI is InChI=1S/C23H42N2O/c1-3-5-6-7-8-9-10-11-12-13-14-15-16-17-18-19-21-20-24-23(25-21)22(26)4-2/h4,18-19,21-22,26H,2-3,5-17,20H2,1H3,(H,24,25). The molecule has 0 aromatic heterocycles. The Balaban J connectivity index is 1.85. The Morgan fingerprint density at radius 2 is 1.54 bits per heavy atom. The van der Waals surface area contributed by atoms with Crippen LogP contribution in [0.5, 0.6) is 0 Å². The van der Waals surface area contributed by atoms with Crippen LogP contribution in [0.1, 0.15) is 96.8 Å². The minimum absolute atomic E-state index is 0.168. The molecule has 26 heavy (non-hydrogen) atoms. The van der Waals surface area contributed by atoms with Gasteiger partial charge in [-0.25, -0.2) is 0 Å². The summed E-state index contributed by atoms with van der Waals surface area (Å²) in [4.78, 5) is 4.46. The van der Waals surface area contributed by atoms with E-state index >= 15 is 0 Å². The van der Waals surface area contributed by atoms with E-state index in [0.29, 0.717) is 5.84 Å². The summed E-state index contributed by atoms with van der Waals surface area (Å²) in [7, 11) is 0. The van der Waals surface area contributed by atoms with E-state index in [0.717, 1.165) is 13.0 Å². The lowest BCUT2D eigenvalue weighted by molar-refractivity contribution is 0.286. The topological polar surface area (TPSA) is 44.6 Å². The third-order valence-corrected chi connectivity index (χ3v) is 5.13. The molecule has 0 aliphatic carbocycles. The molecule has 0 fully saturated rings. The summed E-state index contributed by atoms with van der Waals surface area (Å²) >= 11 is 0. The number of allylic oxidation sites excluding steroid dienone is 1. The van der Waals surface area contributed by atoms with Crippen LogP contribution in [0.2, 0.25) is 0 Å². The van der Waals surface area contributed by atoms with Crippen LogP contribution in [0.4, 0.5) is 0 Å². The van der Waals surface area contributed by atoms with Crippen LogP contribution in [0.15, 0.2) is 29.8 Å². The summed E-state index contributed by atoms with van der Waals surface area (Å²) in [5.74, 6) is 0.649. The van der Waals surface area contributed by atoms with E-state index in [1.807, 2.05) is 0 Å². The number of rotatable bonds is 17. The average molecular weight is 363 g/mol. The highest BCUT2D eigenvalue weighted by Gasteiger charge is 2.17. The number of nitrogens with one attached hydrogen (secondary N) is 1. The molecule has 2 unspecified atom stereocenters. The van der Waals surface area contributed by atoms with Crippen LogP contribution in [0.25, 0.3) is 0 Å². The second-order valence-corrected chi connectivity index (χ2v) is 7.60. The van der Waals surface area contributed by atoms with Gasteiger partial charge in [-0.05, 0) is 12.8 Å². The predicted molar refractivity (Wildman–Crippen MR) is 115 cm³/mol. The number of hydrogen-bond acceptors (Lipinski definition) is 3. The predicted octanol–water partition coefficient (Wildman–Crippen LogP) is 5.94. The van der Waals surface area contributed by atoms with Crippen LogP contribution in [-0.2, 0) is 0 Å². The van der Waals surface area contributed by atoms with Crippen molar-refractivity contribution in [1.29, 1.82) is 0 Å². The lowest BCUT2D eigenvalue weighted by atomic mass is 10.0. The van der Waals surface area contributed by atoms with E-state index in [4.69, 9.17) is 0 Å². The SMILES string of the molecule is C=CC(O)C1=NC(C=CCCCCCCCCCCCCCCC)CN1. The molecule has 0 aromatic carbocycles. The van der Waals surface area contributed by atoms with E-state index in [2.05, 4.69) is 36.0 Å². The maximum atomic E-state index is 9.64. The highest BCUT2D eigenvalue weighted by atomic mass is 16.3. The minimum atomic E-state index is -0.658. The minimum Gasteiger partial charge on any atom is -0.381 e. The molecule has 1 heterocycles. The molecule has 3 heteroatoms. The lowest BCUT2D eigenvalue weighted by Gasteiger charge is -2.03. The molecule has 0 saturated carbocycles. The molecular weight excluding hydrogens is 320 g/mol. The van der Waals surface area contributed by atoms with Crippen molar-refractivity contribution in [3.8, 4) is 0 Å². The maximum Gasteiger partial charge on any atom is 0.130 e. The molecule has 0 spiro atoms. The van der Waals surface area contributed by atoms with Crippen LogP contribution in [0.3, 0.4) is 0 Å². The highest BCUT2D eigenvalue weighted by Crippen LogP contribution is 2.13. The molecule has 150 valence electrons. The molecule has 0 radical (unpaired) electrons. The lowest BCUT2D eigenvalue weighted by Crippen LogP contribution is -2.29. The number of hydrogen-bond donors (Lipinski definition) is 2. The van der Waals surface area contributed by atoms with Crippen molar-refractivity contribution in [2.24, 2.45) is 4.99 Å². The average Bonchev–Trinajstić information content (AvgIpc) is 3.13. The first kappa shape index (κ1) is 23.0. The Bertz CT molecular complexity index is 403. The zero-order chi connectivity index (χ0) is 18.9. The van der Waals surface area contributed by atoms with Gasteiger partial charge in [0.15, 0.2) is 0 Å². The summed E-state index contributed by atoms with van der Waals surface area (Å²) in [6.07, 6.45) is 24.6. The van der Waals surface area contributed by atoms with E-state index < -0.39 is 6.10 Å². The largest absolute Gasteiger partial charge is 0.381 e. The van der Waals surface area contributed by atoms with Gasteiger partial charge in [0.05, 0.1) is 6.04 Å². The van der Waals surface area contributed by atoms with Gasteiger partial charge in [-0.3, -0.25) is 4.99 Å². The van der Waals surface area contributed by atoms with E-state index in [1.165, 1.54) is 89.5 Å². The summed E-state index contributed by atoms with van der Waals surface area (Å²) in [5.41, 5.74) is 0. The van der Waals surface area contributed by atoms with Gasteiger partial charge in [0.1, 0.15) is 11.9 Å².